The van der Waals surface area contributed by atoms with E-state index in [1.54, 1.807) is 6.92 Å². The van der Waals surface area contributed by atoms with Crippen LogP contribution in [0.25, 0.3) is 0 Å². The van der Waals surface area contributed by atoms with Gasteiger partial charge >= 0.3 is 0 Å². The lowest BCUT2D eigenvalue weighted by atomic mass is 9.95. The molecule has 0 aromatic carbocycles. The van der Waals surface area contributed by atoms with E-state index in [9.17, 15) is 13.6 Å². The van der Waals surface area contributed by atoms with E-state index in [-0.39, 0.29) is 17.7 Å². The maximum absolute atomic E-state index is 11.6. The normalized spacial score (nSPS) is 23.0. The van der Waals surface area contributed by atoms with Gasteiger partial charge in [0.1, 0.15) is 0 Å². The average Bonchev–Trinajstić information content (AvgIpc) is 2.49. The summed E-state index contributed by atoms with van der Waals surface area (Å²) < 4.78 is 20.9. The summed E-state index contributed by atoms with van der Waals surface area (Å²) in [5.74, 6) is -0.658. The number of nitrogens with two attached hydrogens (primary N) is 1. The molecule has 3 N–H and O–H groups in total. The molecule has 0 bridgehead atoms. The summed E-state index contributed by atoms with van der Waals surface area (Å²) in [6.45, 7) is 1.65. The smallest absolute Gasteiger partial charge is 0.223 e. The maximum atomic E-state index is 11.6. The average molecular weight is 332 g/mol. The number of amides is 1. The van der Waals surface area contributed by atoms with Crippen LogP contribution >= 0.6 is 0 Å². The second-order valence-electron chi connectivity index (χ2n) is 6.61. The Morgan fingerprint density at radius 2 is 1.64 bits per heavy atom. The molecule has 5 nitrogen and oxygen atoms in total. The van der Waals surface area contributed by atoms with Crippen molar-refractivity contribution in [3.8, 4) is 0 Å². The van der Waals surface area contributed by atoms with Crippen LogP contribution < -0.4 is 11.1 Å². The van der Waals surface area contributed by atoms with Crippen molar-refractivity contribution in [2.45, 2.75) is 83.2 Å². The molecule has 0 aromatic rings. The van der Waals surface area contributed by atoms with Crippen molar-refractivity contribution >= 4 is 17.0 Å². The molecule has 2 aliphatic carbocycles. The number of hydrogen-bond donors (Lipinski definition) is 2. The molecule has 2 fully saturated rings. The predicted molar refractivity (Wildman–Crippen MR) is 89.0 cm³/mol. The lowest BCUT2D eigenvalue weighted by molar-refractivity contribution is -0.124. The van der Waals surface area contributed by atoms with Crippen molar-refractivity contribution in [2.75, 3.05) is 5.75 Å². The first-order chi connectivity index (χ1) is 10.5. The first-order valence-corrected chi connectivity index (χ1v) is 9.85. The Morgan fingerprint density at radius 3 is 2.05 bits per heavy atom. The molecule has 130 valence electrons. The monoisotopic (exact) mass is 331 g/mol. The van der Waals surface area contributed by atoms with Gasteiger partial charge in [0.2, 0.25) is 5.91 Å². The lowest BCUT2D eigenvalue weighted by Crippen LogP contribution is -2.40. The summed E-state index contributed by atoms with van der Waals surface area (Å²) in [6, 6.07) is 0.794. The third kappa shape index (κ3) is 8.86. The van der Waals surface area contributed by atoms with Gasteiger partial charge in [-0.15, -0.1) is 0 Å². The van der Waals surface area contributed by atoms with Crippen molar-refractivity contribution in [3.63, 3.8) is 0 Å². The summed E-state index contributed by atoms with van der Waals surface area (Å²) in [6.07, 6.45) is 12.3. The van der Waals surface area contributed by atoms with Gasteiger partial charge in [-0.1, -0.05) is 56.5 Å². The minimum Gasteiger partial charge on any atom is -0.772 e. The Bertz CT molecular complexity index is 340. The number of hydrogen-bond acceptors (Lipinski definition) is 4. The number of rotatable bonds is 4. The zero-order valence-electron chi connectivity index (χ0n) is 13.7. The van der Waals surface area contributed by atoms with Crippen LogP contribution in [0, 0.1) is 5.92 Å². The van der Waals surface area contributed by atoms with Crippen LogP contribution in [0.2, 0.25) is 0 Å². The second kappa shape index (κ2) is 11.1. The molecule has 2 unspecified atom stereocenters. The van der Waals surface area contributed by atoms with Crippen LogP contribution in [0.1, 0.15) is 71.1 Å². The molecule has 0 spiro atoms. The van der Waals surface area contributed by atoms with Gasteiger partial charge in [0.05, 0.1) is 0 Å². The second-order valence-corrected chi connectivity index (χ2v) is 7.55. The van der Waals surface area contributed by atoms with E-state index in [2.05, 4.69) is 5.32 Å². The fourth-order valence-electron chi connectivity index (χ4n) is 3.00. The van der Waals surface area contributed by atoms with Gasteiger partial charge in [0.15, 0.2) is 0 Å². The maximum Gasteiger partial charge on any atom is 0.223 e. The molecule has 22 heavy (non-hydrogen) atoms. The van der Waals surface area contributed by atoms with E-state index in [0.717, 1.165) is 25.7 Å². The fraction of sp³-hybridized carbons (Fsp3) is 0.938. The molecule has 2 aliphatic rings. The predicted octanol–water partition coefficient (Wildman–Crippen LogP) is 2.23. The Kier molecular flexibility index (Phi) is 9.91. The molecule has 1 amide bonds. The Morgan fingerprint density at radius 1 is 1.14 bits per heavy atom. The number of carbonyl (C=O) groups excluding carboxylic acids is 1. The highest BCUT2D eigenvalue weighted by atomic mass is 32.2. The summed E-state index contributed by atoms with van der Waals surface area (Å²) in [4.78, 5) is 11.6. The quantitative estimate of drug-likeness (QED) is 0.772. The van der Waals surface area contributed by atoms with Crippen LogP contribution in [0.4, 0.5) is 0 Å². The molecule has 0 aliphatic heterocycles. The van der Waals surface area contributed by atoms with Crippen molar-refractivity contribution in [1.82, 2.24) is 5.32 Å². The van der Waals surface area contributed by atoms with E-state index in [1.165, 1.54) is 38.5 Å². The molecule has 2 atom stereocenters. The highest BCUT2D eigenvalue weighted by Crippen LogP contribution is 2.17. The van der Waals surface area contributed by atoms with Crippen LogP contribution in [-0.4, -0.2) is 32.5 Å². The molecule has 0 saturated heterocycles. The van der Waals surface area contributed by atoms with Gasteiger partial charge in [-0.2, -0.15) is 0 Å². The minimum atomic E-state index is -2.13. The Hall–Kier alpha value is -0.460. The topological polar surface area (TPSA) is 95.2 Å². The SMILES string of the molecule is CC(CS(=O)[O-])C(=O)NC1CCCCC1.NC1CCCCC1. The molecule has 0 radical (unpaired) electrons. The van der Waals surface area contributed by atoms with Gasteiger partial charge in [0, 0.05) is 23.8 Å². The highest BCUT2D eigenvalue weighted by Gasteiger charge is 2.19. The summed E-state index contributed by atoms with van der Waals surface area (Å²) in [5, 5.41) is 2.91. The number of carbonyl (C=O) groups is 1. The van der Waals surface area contributed by atoms with Crippen LogP contribution in [0.5, 0.6) is 0 Å². The molecular formula is C16H31N2O3S-. The van der Waals surface area contributed by atoms with Gasteiger partial charge in [0.25, 0.3) is 0 Å². The highest BCUT2D eigenvalue weighted by molar-refractivity contribution is 7.79. The van der Waals surface area contributed by atoms with Crippen LogP contribution in [0.15, 0.2) is 0 Å². The van der Waals surface area contributed by atoms with E-state index in [1.807, 2.05) is 0 Å². The molecule has 2 saturated carbocycles. The summed E-state index contributed by atoms with van der Waals surface area (Å²) in [7, 11) is 0. The van der Waals surface area contributed by atoms with Crippen molar-refractivity contribution < 1.29 is 13.6 Å². The van der Waals surface area contributed by atoms with Crippen molar-refractivity contribution in [2.24, 2.45) is 11.7 Å². The number of nitrogens with one attached hydrogen (secondary N) is 1. The summed E-state index contributed by atoms with van der Waals surface area (Å²) in [5.41, 5.74) is 5.63. The zero-order chi connectivity index (χ0) is 16.4. The van der Waals surface area contributed by atoms with E-state index in [4.69, 9.17) is 5.73 Å². The van der Waals surface area contributed by atoms with Gasteiger partial charge in [-0.05, 0) is 25.7 Å². The molecule has 2 rings (SSSR count). The minimum absolute atomic E-state index is 0.0848. The standard InChI is InChI=1S/C10H19NO3S.C6H13N/c1-8(7-15(13)14)10(12)11-9-5-3-2-4-6-9;7-6-4-2-1-3-5-6/h8-9H,2-7H2,1H3,(H,11,12)(H,13,14);6H,1-5,7H2/p-1. The Labute approximate surface area is 137 Å². The van der Waals surface area contributed by atoms with Gasteiger partial charge in [-0.3, -0.25) is 9.00 Å². The molecule has 0 aromatic heterocycles. The van der Waals surface area contributed by atoms with Crippen molar-refractivity contribution in [3.05, 3.63) is 0 Å². The third-order valence-electron chi connectivity index (χ3n) is 4.44. The zero-order valence-corrected chi connectivity index (χ0v) is 14.5. The lowest BCUT2D eigenvalue weighted by Gasteiger charge is -2.24. The molecular weight excluding hydrogens is 300 g/mol. The molecule has 6 heteroatoms. The van der Waals surface area contributed by atoms with Gasteiger partial charge < -0.3 is 15.6 Å². The van der Waals surface area contributed by atoms with Crippen molar-refractivity contribution in [1.29, 1.82) is 0 Å². The fourth-order valence-corrected chi connectivity index (χ4v) is 3.56. The van der Waals surface area contributed by atoms with E-state index < -0.39 is 17.0 Å². The first kappa shape index (κ1) is 19.6. The Balaban J connectivity index is 0.000000287. The van der Waals surface area contributed by atoms with Crippen LogP contribution in [-0.2, 0) is 15.9 Å². The first-order valence-electron chi connectivity index (χ1n) is 8.61. The largest absolute Gasteiger partial charge is 0.772 e. The molecule has 0 heterocycles. The van der Waals surface area contributed by atoms with Crippen LogP contribution in [0.3, 0.4) is 0 Å². The van der Waals surface area contributed by atoms with E-state index in [0.29, 0.717) is 6.04 Å². The van der Waals surface area contributed by atoms with Gasteiger partial charge in [-0.25, -0.2) is 0 Å². The van der Waals surface area contributed by atoms with E-state index >= 15 is 0 Å². The summed E-state index contributed by atoms with van der Waals surface area (Å²) >= 11 is -2.13. The third-order valence-corrected chi connectivity index (χ3v) is 5.21.